The molecule has 1 aromatic rings. The van der Waals surface area contributed by atoms with Gasteiger partial charge < -0.3 is 15.1 Å². The van der Waals surface area contributed by atoms with Gasteiger partial charge in [0, 0.05) is 44.3 Å². The lowest BCUT2D eigenvalue weighted by Crippen LogP contribution is -2.55. The first-order valence-corrected chi connectivity index (χ1v) is 8.52. The normalized spacial score (nSPS) is 25.3. The summed E-state index contributed by atoms with van der Waals surface area (Å²) in [7, 11) is 0. The lowest BCUT2D eigenvalue weighted by Gasteiger charge is -2.39. The van der Waals surface area contributed by atoms with Crippen molar-refractivity contribution in [3.63, 3.8) is 0 Å². The number of hydrogen-bond acceptors (Lipinski definition) is 3. The van der Waals surface area contributed by atoms with Crippen LogP contribution in [-0.4, -0.2) is 60.4 Å². The molecule has 1 aromatic carbocycles. The Morgan fingerprint density at radius 3 is 2.70 bits per heavy atom. The standard InChI is InChI=1S/C18H25N3O2/c1-14-12-19-9-11-21(14)18(23)16-8-5-10-20(13-16)17(22)15-6-3-2-4-7-15/h2-4,6-7,14,16,19H,5,8-13H2,1H3. The van der Waals surface area contributed by atoms with Gasteiger partial charge in [0.05, 0.1) is 5.92 Å². The number of amides is 2. The van der Waals surface area contributed by atoms with Crippen LogP contribution >= 0.6 is 0 Å². The predicted octanol–water partition coefficient (Wildman–Crippen LogP) is 1.36. The molecule has 2 aliphatic rings. The molecule has 2 aliphatic heterocycles. The Kier molecular flexibility index (Phi) is 4.96. The highest BCUT2D eigenvalue weighted by Gasteiger charge is 2.33. The van der Waals surface area contributed by atoms with Crippen LogP contribution in [0.15, 0.2) is 30.3 Å². The fourth-order valence-corrected chi connectivity index (χ4v) is 3.53. The largest absolute Gasteiger partial charge is 0.338 e. The highest BCUT2D eigenvalue weighted by Crippen LogP contribution is 2.22. The van der Waals surface area contributed by atoms with Gasteiger partial charge in [0.15, 0.2) is 0 Å². The maximum atomic E-state index is 12.8. The van der Waals surface area contributed by atoms with Crippen LogP contribution in [0.4, 0.5) is 0 Å². The monoisotopic (exact) mass is 315 g/mol. The van der Waals surface area contributed by atoms with Crippen LogP contribution in [-0.2, 0) is 4.79 Å². The molecule has 1 N–H and O–H groups in total. The highest BCUT2D eigenvalue weighted by atomic mass is 16.2. The zero-order chi connectivity index (χ0) is 16.2. The number of hydrogen-bond donors (Lipinski definition) is 1. The lowest BCUT2D eigenvalue weighted by atomic mass is 9.95. The van der Waals surface area contributed by atoms with Crippen molar-refractivity contribution in [2.45, 2.75) is 25.8 Å². The van der Waals surface area contributed by atoms with Crippen LogP contribution in [0.2, 0.25) is 0 Å². The molecule has 2 atom stereocenters. The van der Waals surface area contributed by atoms with E-state index in [1.807, 2.05) is 40.1 Å². The third-order valence-corrected chi connectivity index (χ3v) is 4.86. The summed E-state index contributed by atoms with van der Waals surface area (Å²) in [6.45, 7) is 5.85. The summed E-state index contributed by atoms with van der Waals surface area (Å²) in [6.07, 6.45) is 1.78. The summed E-state index contributed by atoms with van der Waals surface area (Å²) < 4.78 is 0. The van der Waals surface area contributed by atoms with Crippen molar-refractivity contribution in [1.82, 2.24) is 15.1 Å². The van der Waals surface area contributed by atoms with E-state index in [1.165, 1.54) is 0 Å². The van der Waals surface area contributed by atoms with Crippen LogP contribution in [0, 0.1) is 5.92 Å². The molecule has 3 rings (SSSR count). The second-order valence-electron chi connectivity index (χ2n) is 6.54. The number of nitrogens with one attached hydrogen (secondary N) is 1. The van der Waals surface area contributed by atoms with Gasteiger partial charge >= 0.3 is 0 Å². The van der Waals surface area contributed by atoms with Gasteiger partial charge in [0.2, 0.25) is 5.91 Å². The fraction of sp³-hybridized carbons (Fsp3) is 0.556. The van der Waals surface area contributed by atoms with Crippen molar-refractivity contribution >= 4 is 11.8 Å². The van der Waals surface area contributed by atoms with Gasteiger partial charge in [0.25, 0.3) is 5.91 Å². The Labute approximate surface area is 137 Å². The average Bonchev–Trinajstić information content (AvgIpc) is 2.62. The van der Waals surface area contributed by atoms with Crippen LogP contribution in [0.5, 0.6) is 0 Å². The summed E-state index contributed by atoms with van der Waals surface area (Å²) in [5.41, 5.74) is 0.705. The minimum atomic E-state index is -0.0584. The molecule has 5 heteroatoms. The molecule has 2 fully saturated rings. The zero-order valence-corrected chi connectivity index (χ0v) is 13.7. The van der Waals surface area contributed by atoms with Crippen molar-refractivity contribution in [3.8, 4) is 0 Å². The molecule has 0 bridgehead atoms. The minimum Gasteiger partial charge on any atom is -0.338 e. The van der Waals surface area contributed by atoms with E-state index in [1.54, 1.807) is 0 Å². The second kappa shape index (κ2) is 7.13. The molecule has 0 spiro atoms. The van der Waals surface area contributed by atoms with E-state index in [0.717, 1.165) is 39.0 Å². The average molecular weight is 315 g/mol. The van der Waals surface area contributed by atoms with Gasteiger partial charge in [-0.25, -0.2) is 0 Å². The molecule has 0 aliphatic carbocycles. The molecular formula is C18H25N3O2. The number of carbonyl (C=O) groups excluding carboxylic acids is 2. The first-order chi connectivity index (χ1) is 11.2. The number of carbonyl (C=O) groups is 2. The van der Waals surface area contributed by atoms with Crippen molar-refractivity contribution in [2.75, 3.05) is 32.7 Å². The van der Waals surface area contributed by atoms with Crippen LogP contribution in [0.1, 0.15) is 30.1 Å². The molecule has 23 heavy (non-hydrogen) atoms. The smallest absolute Gasteiger partial charge is 0.253 e. The number of rotatable bonds is 2. The molecule has 124 valence electrons. The Morgan fingerprint density at radius 2 is 1.96 bits per heavy atom. The van der Waals surface area contributed by atoms with Crippen molar-refractivity contribution in [3.05, 3.63) is 35.9 Å². The number of piperidine rings is 1. The molecule has 2 amide bonds. The minimum absolute atomic E-state index is 0.0384. The van der Waals surface area contributed by atoms with Gasteiger partial charge in [-0.2, -0.15) is 0 Å². The van der Waals surface area contributed by atoms with E-state index in [4.69, 9.17) is 0 Å². The van der Waals surface area contributed by atoms with E-state index in [9.17, 15) is 9.59 Å². The van der Waals surface area contributed by atoms with Gasteiger partial charge in [-0.05, 0) is 31.9 Å². The Morgan fingerprint density at radius 1 is 1.17 bits per heavy atom. The third kappa shape index (κ3) is 3.55. The number of likely N-dealkylation sites (tertiary alicyclic amines) is 1. The molecule has 0 radical (unpaired) electrons. The SMILES string of the molecule is CC1CNCCN1C(=O)C1CCCN(C(=O)c2ccccc2)C1. The number of nitrogens with zero attached hydrogens (tertiary/aromatic N) is 2. The van der Waals surface area contributed by atoms with E-state index in [-0.39, 0.29) is 23.8 Å². The molecular weight excluding hydrogens is 290 g/mol. The van der Waals surface area contributed by atoms with Crippen molar-refractivity contribution in [1.29, 1.82) is 0 Å². The molecule has 5 nitrogen and oxygen atoms in total. The van der Waals surface area contributed by atoms with Crippen LogP contribution < -0.4 is 5.32 Å². The second-order valence-corrected chi connectivity index (χ2v) is 6.54. The van der Waals surface area contributed by atoms with Gasteiger partial charge in [-0.15, -0.1) is 0 Å². The molecule has 0 aromatic heterocycles. The van der Waals surface area contributed by atoms with Crippen LogP contribution in [0.25, 0.3) is 0 Å². The number of piperazine rings is 1. The molecule has 2 saturated heterocycles. The van der Waals surface area contributed by atoms with Crippen molar-refractivity contribution in [2.24, 2.45) is 5.92 Å². The first-order valence-electron chi connectivity index (χ1n) is 8.52. The van der Waals surface area contributed by atoms with E-state index >= 15 is 0 Å². The first kappa shape index (κ1) is 16.0. The summed E-state index contributed by atoms with van der Waals surface area (Å²) in [6, 6.07) is 9.57. The topological polar surface area (TPSA) is 52.7 Å². The molecule has 2 unspecified atom stereocenters. The predicted molar refractivity (Wildman–Crippen MR) is 89.1 cm³/mol. The van der Waals surface area contributed by atoms with E-state index < -0.39 is 0 Å². The van der Waals surface area contributed by atoms with Crippen molar-refractivity contribution < 1.29 is 9.59 Å². The summed E-state index contributed by atoms with van der Waals surface area (Å²) in [4.78, 5) is 29.3. The lowest BCUT2D eigenvalue weighted by molar-refractivity contribution is -0.139. The van der Waals surface area contributed by atoms with E-state index in [2.05, 4.69) is 12.2 Å². The Bertz CT molecular complexity index is 561. The van der Waals surface area contributed by atoms with E-state index in [0.29, 0.717) is 12.1 Å². The fourth-order valence-electron chi connectivity index (χ4n) is 3.53. The van der Waals surface area contributed by atoms with Crippen LogP contribution in [0.3, 0.4) is 0 Å². The molecule has 2 heterocycles. The van der Waals surface area contributed by atoms with Gasteiger partial charge in [-0.1, -0.05) is 18.2 Å². The van der Waals surface area contributed by atoms with Gasteiger partial charge in [0.1, 0.15) is 0 Å². The summed E-state index contributed by atoms with van der Waals surface area (Å²) >= 11 is 0. The zero-order valence-electron chi connectivity index (χ0n) is 13.7. The maximum absolute atomic E-state index is 12.8. The molecule has 0 saturated carbocycles. The number of benzene rings is 1. The highest BCUT2D eigenvalue weighted by molar-refractivity contribution is 5.94. The van der Waals surface area contributed by atoms with Gasteiger partial charge in [-0.3, -0.25) is 9.59 Å². The quantitative estimate of drug-likeness (QED) is 0.896. The summed E-state index contributed by atoms with van der Waals surface area (Å²) in [5.74, 6) is 0.193. The Balaban J connectivity index is 1.66. The summed E-state index contributed by atoms with van der Waals surface area (Å²) in [5, 5.41) is 3.31. The maximum Gasteiger partial charge on any atom is 0.253 e. The Hall–Kier alpha value is -1.88. The third-order valence-electron chi connectivity index (χ3n) is 4.86.